The summed E-state index contributed by atoms with van der Waals surface area (Å²) in [4.78, 5) is 39.8. The van der Waals surface area contributed by atoms with Crippen molar-refractivity contribution in [3.8, 4) is 5.75 Å². The summed E-state index contributed by atoms with van der Waals surface area (Å²) < 4.78 is 51.6. The van der Waals surface area contributed by atoms with Crippen molar-refractivity contribution in [1.82, 2.24) is 9.62 Å². The number of anilines is 2. The molecule has 6 rings (SSSR count). The number of nitrogens with one attached hydrogen (secondary N) is 3. The molecule has 3 aromatic rings. The molecule has 3 aliphatic rings. The van der Waals surface area contributed by atoms with Gasteiger partial charge in [0.2, 0.25) is 10.0 Å². The van der Waals surface area contributed by atoms with Crippen molar-refractivity contribution in [3.63, 3.8) is 0 Å². The van der Waals surface area contributed by atoms with Crippen molar-refractivity contribution >= 4 is 50.1 Å². The summed E-state index contributed by atoms with van der Waals surface area (Å²) in [5.74, 6) is -1.69. The van der Waals surface area contributed by atoms with Crippen LogP contribution in [0.25, 0.3) is 0 Å². The Morgan fingerprint density at radius 2 is 1.72 bits per heavy atom. The number of fused-ring (bicyclic) bond motifs is 2. The Kier molecular flexibility index (Phi) is 13.1. The minimum absolute atomic E-state index is 0.0297. The number of aromatic carboxylic acids is 1. The number of amides is 3. The first-order chi connectivity index (χ1) is 27.4. The molecule has 0 bridgehead atoms. The number of aryl methyl sites for hydroxylation is 1. The van der Waals surface area contributed by atoms with Gasteiger partial charge in [-0.2, -0.15) is 4.31 Å². The standard InChI is InChI=1S/C41H54N4O11S2/c1-24(2)21-45(58(51,52)28-13-11-27(53-6)12-14-28)22-32(46)31(43-39(50)56-33-23-55-41(5)30(33)16-18-54-41)19-25-7-9-26(10-8-25)42-38(49)44-36-35(37(47)48)29-20-40(3,4)17-15-34(29)57-36/h7-14,24,30-33,46H,15-23H2,1-6H3,(H,43,50)(H,47,48)(H2,42,44,49)/t30-,31-,32+,33-,41+/m0/s1. The molecule has 0 spiro atoms. The number of carbonyl (C=O) groups is 3. The first-order valence-corrected chi connectivity index (χ1v) is 21.7. The summed E-state index contributed by atoms with van der Waals surface area (Å²) >= 11 is 1.29. The van der Waals surface area contributed by atoms with E-state index in [1.165, 1.54) is 34.9 Å². The summed E-state index contributed by atoms with van der Waals surface area (Å²) in [6.45, 7) is 10.2. The number of sulfonamides is 1. The molecule has 2 saturated heterocycles. The summed E-state index contributed by atoms with van der Waals surface area (Å²) in [6.07, 6.45) is 0.268. The number of benzene rings is 2. The molecule has 17 heteroatoms. The summed E-state index contributed by atoms with van der Waals surface area (Å²) in [6, 6.07) is 11.1. The molecule has 0 unspecified atom stereocenters. The molecule has 0 saturated carbocycles. The average molecular weight is 843 g/mol. The fraction of sp³-hybridized carbons (Fsp3) is 0.537. The second-order valence-electron chi connectivity index (χ2n) is 16.6. The number of methoxy groups -OCH3 is 1. The van der Waals surface area contributed by atoms with E-state index < -0.39 is 52.2 Å². The van der Waals surface area contributed by atoms with Gasteiger partial charge in [0.25, 0.3) is 0 Å². The number of nitrogens with zero attached hydrogens (tertiary/aromatic N) is 1. The molecule has 2 aliphatic heterocycles. The predicted molar refractivity (Wildman–Crippen MR) is 218 cm³/mol. The third-order valence-electron chi connectivity index (χ3n) is 11.0. The number of aliphatic hydroxyl groups excluding tert-OH is 1. The van der Waals surface area contributed by atoms with Crippen LogP contribution in [-0.2, 0) is 43.5 Å². The third kappa shape index (κ3) is 9.94. The van der Waals surface area contributed by atoms with E-state index in [1.54, 1.807) is 36.4 Å². The van der Waals surface area contributed by atoms with Gasteiger partial charge < -0.3 is 39.8 Å². The molecule has 1 aromatic heterocycles. The van der Waals surface area contributed by atoms with E-state index in [2.05, 4.69) is 29.8 Å². The van der Waals surface area contributed by atoms with Crippen LogP contribution < -0.4 is 20.7 Å². The second-order valence-corrected chi connectivity index (χ2v) is 19.6. The van der Waals surface area contributed by atoms with Crippen LogP contribution in [-0.4, -0.2) is 98.5 Å². The first-order valence-electron chi connectivity index (χ1n) is 19.5. The molecule has 58 heavy (non-hydrogen) atoms. The third-order valence-corrected chi connectivity index (χ3v) is 14.1. The predicted octanol–water partition coefficient (Wildman–Crippen LogP) is 6.11. The summed E-state index contributed by atoms with van der Waals surface area (Å²) in [5.41, 5.74) is 1.94. The molecule has 5 atom stereocenters. The zero-order chi connectivity index (χ0) is 42.0. The normalized spacial score (nSPS) is 22.2. The van der Waals surface area contributed by atoms with Gasteiger partial charge in [-0.1, -0.05) is 39.8 Å². The number of carboxylic acid groups (broad SMARTS) is 1. The minimum atomic E-state index is -4.07. The Balaban J connectivity index is 1.17. The molecule has 15 nitrogen and oxygen atoms in total. The van der Waals surface area contributed by atoms with Crippen molar-refractivity contribution in [2.45, 2.75) is 95.7 Å². The SMILES string of the molecule is COc1ccc(S(=O)(=O)N(CC(C)C)C[C@@H](O)[C@H](Cc2ccc(NC(=O)Nc3sc4c(c3C(=O)O)CC(C)(C)CC4)cc2)NC(=O)O[C@H]2CO[C@@]3(C)OCC[C@@H]23)cc1. The molecule has 5 N–H and O–H groups in total. The summed E-state index contributed by atoms with van der Waals surface area (Å²) in [7, 11) is -2.59. The van der Waals surface area contributed by atoms with Crippen molar-refractivity contribution in [3.05, 3.63) is 70.1 Å². The van der Waals surface area contributed by atoms with Crippen LogP contribution in [0.1, 0.15) is 73.8 Å². The Bertz CT molecular complexity index is 2070. The lowest BCUT2D eigenvalue weighted by Crippen LogP contribution is -2.51. The smallest absolute Gasteiger partial charge is 0.407 e. The number of hydrogen-bond acceptors (Lipinski definition) is 11. The zero-order valence-corrected chi connectivity index (χ0v) is 35.3. The highest BCUT2D eigenvalue weighted by molar-refractivity contribution is 7.89. The van der Waals surface area contributed by atoms with E-state index >= 15 is 0 Å². The van der Waals surface area contributed by atoms with E-state index in [-0.39, 0.29) is 58.8 Å². The molecule has 0 radical (unpaired) electrons. The lowest BCUT2D eigenvalue weighted by Gasteiger charge is -2.31. The summed E-state index contributed by atoms with van der Waals surface area (Å²) in [5, 5.41) is 30.4. The van der Waals surface area contributed by atoms with E-state index in [9.17, 15) is 33.0 Å². The minimum Gasteiger partial charge on any atom is -0.497 e. The van der Waals surface area contributed by atoms with Crippen LogP contribution in [0.5, 0.6) is 5.75 Å². The van der Waals surface area contributed by atoms with Crippen molar-refractivity contribution in [2.24, 2.45) is 17.3 Å². The zero-order valence-electron chi connectivity index (χ0n) is 33.7. The number of urea groups is 1. The van der Waals surface area contributed by atoms with Gasteiger partial charge in [-0.05, 0) is 97.9 Å². The Morgan fingerprint density at radius 1 is 1.02 bits per heavy atom. The number of hydrogen-bond donors (Lipinski definition) is 5. The Hall–Kier alpha value is -4.26. The Morgan fingerprint density at radius 3 is 2.38 bits per heavy atom. The molecule has 316 valence electrons. The van der Waals surface area contributed by atoms with Gasteiger partial charge in [-0.25, -0.2) is 22.8 Å². The molecule has 2 fully saturated rings. The fourth-order valence-electron chi connectivity index (χ4n) is 7.90. The quantitative estimate of drug-likeness (QED) is 0.118. The topological polar surface area (TPSA) is 202 Å². The van der Waals surface area contributed by atoms with Crippen LogP contribution in [0.15, 0.2) is 53.4 Å². The lowest BCUT2D eigenvalue weighted by molar-refractivity contribution is -0.181. The maximum absolute atomic E-state index is 13.9. The van der Waals surface area contributed by atoms with Crippen LogP contribution >= 0.6 is 11.3 Å². The van der Waals surface area contributed by atoms with Crippen molar-refractivity contribution in [1.29, 1.82) is 0 Å². The monoisotopic (exact) mass is 842 g/mol. The van der Waals surface area contributed by atoms with Gasteiger partial charge in [-0.15, -0.1) is 11.3 Å². The number of carbonyl (C=O) groups excluding carboxylic acids is 2. The van der Waals surface area contributed by atoms with Crippen LogP contribution in [0.3, 0.4) is 0 Å². The maximum atomic E-state index is 13.9. The number of ether oxygens (including phenoxy) is 4. The highest BCUT2D eigenvalue weighted by Gasteiger charge is 2.53. The van der Waals surface area contributed by atoms with E-state index in [0.29, 0.717) is 36.4 Å². The van der Waals surface area contributed by atoms with Gasteiger partial charge in [0.15, 0.2) is 5.79 Å². The molecule has 1 aliphatic carbocycles. The number of carboxylic acids is 1. The number of rotatable bonds is 15. The van der Waals surface area contributed by atoms with Crippen molar-refractivity contribution in [2.75, 3.05) is 44.0 Å². The molecular formula is C41H54N4O11S2. The molecular weight excluding hydrogens is 789 g/mol. The second kappa shape index (κ2) is 17.5. The molecule has 2 aromatic carbocycles. The number of aliphatic hydroxyl groups is 1. The van der Waals surface area contributed by atoms with Gasteiger partial charge in [0.1, 0.15) is 16.9 Å². The Labute approximate surface area is 343 Å². The van der Waals surface area contributed by atoms with Crippen LogP contribution in [0, 0.1) is 17.3 Å². The van der Waals surface area contributed by atoms with Crippen LogP contribution in [0.4, 0.5) is 20.3 Å². The van der Waals surface area contributed by atoms with Crippen LogP contribution in [0.2, 0.25) is 0 Å². The maximum Gasteiger partial charge on any atom is 0.407 e. The van der Waals surface area contributed by atoms with Gasteiger partial charge in [0, 0.05) is 23.7 Å². The van der Waals surface area contributed by atoms with Crippen molar-refractivity contribution < 1.29 is 52.0 Å². The van der Waals surface area contributed by atoms with E-state index in [1.807, 2.05) is 20.8 Å². The largest absolute Gasteiger partial charge is 0.497 e. The van der Waals surface area contributed by atoms with Gasteiger partial charge in [-0.3, -0.25) is 5.32 Å². The highest BCUT2D eigenvalue weighted by Crippen LogP contribution is 2.44. The van der Waals surface area contributed by atoms with Gasteiger partial charge in [0.05, 0.1) is 48.8 Å². The first kappa shape index (κ1) is 43.3. The average Bonchev–Trinajstić information content (AvgIpc) is 3.81. The molecule has 3 amide bonds. The number of thiophene rings is 1. The lowest BCUT2D eigenvalue weighted by atomic mass is 9.76. The van der Waals surface area contributed by atoms with Gasteiger partial charge >= 0.3 is 18.1 Å². The number of alkyl carbamates (subject to hydrolysis) is 1. The fourth-order valence-corrected chi connectivity index (χ4v) is 10.7. The highest BCUT2D eigenvalue weighted by atomic mass is 32.2. The molecule has 3 heterocycles. The van der Waals surface area contributed by atoms with E-state index in [0.717, 1.165) is 23.3 Å². The van der Waals surface area contributed by atoms with E-state index in [4.69, 9.17) is 18.9 Å².